The molecule has 0 radical (unpaired) electrons. The predicted molar refractivity (Wildman–Crippen MR) is 132 cm³/mol. The Balaban J connectivity index is 0.00000121. The van der Waals surface area contributed by atoms with Crippen molar-refractivity contribution in [3.63, 3.8) is 0 Å². The summed E-state index contributed by atoms with van der Waals surface area (Å²) < 4.78 is 7.91. The third-order valence-electron chi connectivity index (χ3n) is 5.94. The average Bonchev–Trinajstić information content (AvgIpc) is 3.19. The first-order chi connectivity index (χ1) is 14.3. The van der Waals surface area contributed by atoms with Crippen molar-refractivity contribution in [2.75, 3.05) is 38.1 Å². The highest BCUT2D eigenvalue weighted by atomic mass is 35.5. The van der Waals surface area contributed by atoms with Crippen LogP contribution < -0.4 is 9.64 Å². The fraction of sp³-hybridized carbons (Fsp3) is 0.524. The molecule has 1 aliphatic heterocycles. The van der Waals surface area contributed by atoms with Crippen molar-refractivity contribution in [3.05, 3.63) is 36.4 Å². The average molecular weight is 503 g/mol. The molecule has 0 atom stereocenters. The monoisotopic (exact) mass is 501 g/mol. The molecule has 0 N–H and O–H groups in total. The second-order valence-electron chi connectivity index (χ2n) is 8.05. The quantitative estimate of drug-likeness (QED) is 0.524. The highest BCUT2D eigenvalue weighted by Crippen LogP contribution is 2.32. The number of halogens is 3. The van der Waals surface area contributed by atoms with E-state index >= 15 is 0 Å². The lowest BCUT2D eigenvalue weighted by molar-refractivity contribution is 0.311. The number of ether oxygens (including phenoxy) is 1. The van der Waals surface area contributed by atoms with E-state index in [1.807, 2.05) is 22.7 Å². The first kappa shape index (κ1) is 26.4. The van der Waals surface area contributed by atoms with Gasteiger partial charge in [-0.3, -0.25) is 4.98 Å². The van der Waals surface area contributed by atoms with Gasteiger partial charge in [-0.25, -0.2) is 0 Å². The van der Waals surface area contributed by atoms with Crippen LogP contribution in [0.1, 0.15) is 43.8 Å². The molecule has 0 unspecified atom stereocenters. The number of aromatic nitrogens is 5. The lowest BCUT2D eigenvalue weighted by Gasteiger charge is -2.33. The summed E-state index contributed by atoms with van der Waals surface area (Å²) in [6.07, 6.45) is 9.59. The van der Waals surface area contributed by atoms with Gasteiger partial charge >= 0.3 is 0 Å². The highest BCUT2D eigenvalue weighted by molar-refractivity contribution is 5.86. The number of hydrogen-bond acceptors (Lipinski definition) is 7. The third-order valence-corrected chi connectivity index (χ3v) is 5.94. The van der Waals surface area contributed by atoms with Gasteiger partial charge in [-0.15, -0.1) is 42.3 Å². The number of nitrogens with zero attached hydrogens (tertiary/aromatic N) is 7. The smallest absolute Gasteiger partial charge is 0.257 e. The van der Waals surface area contributed by atoms with E-state index in [1.54, 1.807) is 12.4 Å². The summed E-state index contributed by atoms with van der Waals surface area (Å²) in [5, 5.41) is 4.90. The van der Waals surface area contributed by atoms with Crippen LogP contribution in [-0.2, 0) is 0 Å². The summed E-state index contributed by atoms with van der Waals surface area (Å²) in [5.74, 6) is 4.17. The molecule has 3 aromatic heterocycles. The van der Waals surface area contributed by atoms with Gasteiger partial charge < -0.3 is 14.5 Å². The molecule has 1 saturated heterocycles. The second-order valence-corrected chi connectivity index (χ2v) is 8.05. The maximum Gasteiger partial charge on any atom is 0.257 e. The van der Waals surface area contributed by atoms with Gasteiger partial charge in [0, 0.05) is 44.4 Å². The van der Waals surface area contributed by atoms with E-state index in [1.165, 1.54) is 32.1 Å². The number of hydrogen-bond donors (Lipinski definition) is 0. The van der Waals surface area contributed by atoms with E-state index in [0.717, 1.165) is 37.8 Å². The van der Waals surface area contributed by atoms with Crippen molar-refractivity contribution in [2.45, 2.75) is 38.0 Å². The minimum atomic E-state index is 0. The normalized spacial score (nSPS) is 17.2. The number of pyridine rings is 1. The van der Waals surface area contributed by atoms with Gasteiger partial charge in [0.15, 0.2) is 5.82 Å². The van der Waals surface area contributed by atoms with Gasteiger partial charge in [0.05, 0.1) is 6.20 Å². The molecule has 0 bridgehead atoms. The standard InChI is InChI=1S/C21H27N7O.3ClH/c1-26-10-12-27(13-11-26)19-14-18(29-17-8-5-9-22-15-17)23-21-24-20(25-28(19)21)16-6-3-2-4-7-16;;;/h5,8-9,14-16H,2-4,6-7,10-13H2,1H3;3*1H. The number of fused-ring (bicyclic) bond motifs is 1. The van der Waals surface area contributed by atoms with Gasteiger partial charge in [0.2, 0.25) is 5.88 Å². The molecule has 5 rings (SSSR count). The van der Waals surface area contributed by atoms with Gasteiger partial charge in [0.25, 0.3) is 5.78 Å². The number of anilines is 1. The van der Waals surface area contributed by atoms with Crippen molar-refractivity contribution in [2.24, 2.45) is 0 Å². The molecule has 0 aromatic carbocycles. The summed E-state index contributed by atoms with van der Waals surface area (Å²) in [5.41, 5.74) is 0. The first-order valence-electron chi connectivity index (χ1n) is 10.6. The molecule has 32 heavy (non-hydrogen) atoms. The van der Waals surface area contributed by atoms with E-state index in [0.29, 0.717) is 23.3 Å². The topological polar surface area (TPSA) is 71.7 Å². The molecule has 0 spiro atoms. The van der Waals surface area contributed by atoms with E-state index in [-0.39, 0.29) is 37.2 Å². The van der Waals surface area contributed by atoms with E-state index in [9.17, 15) is 0 Å². The first-order valence-corrected chi connectivity index (χ1v) is 10.6. The summed E-state index contributed by atoms with van der Waals surface area (Å²) in [6.45, 7) is 3.93. The fourth-order valence-electron chi connectivity index (χ4n) is 4.22. The van der Waals surface area contributed by atoms with Gasteiger partial charge in [0.1, 0.15) is 11.6 Å². The Morgan fingerprint density at radius 1 is 0.969 bits per heavy atom. The van der Waals surface area contributed by atoms with Crippen molar-refractivity contribution in [1.82, 2.24) is 29.5 Å². The Hall–Kier alpha value is -1.87. The molecule has 1 aliphatic carbocycles. The van der Waals surface area contributed by atoms with Crippen molar-refractivity contribution < 1.29 is 4.74 Å². The molecule has 2 fully saturated rings. The van der Waals surface area contributed by atoms with E-state index < -0.39 is 0 Å². The molecule has 11 heteroatoms. The molecule has 1 saturated carbocycles. The Labute approximate surface area is 207 Å². The third kappa shape index (κ3) is 5.73. The maximum absolute atomic E-state index is 6.00. The Bertz CT molecular complexity index is 974. The molecule has 0 amide bonds. The Morgan fingerprint density at radius 2 is 1.72 bits per heavy atom. The highest BCUT2D eigenvalue weighted by Gasteiger charge is 2.24. The number of rotatable bonds is 4. The van der Waals surface area contributed by atoms with Crippen LogP contribution in [0.15, 0.2) is 30.6 Å². The molecule has 3 aromatic rings. The number of piperazine rings is 1. The molecule has 176 valence electrons. The summed E-state index contributed by atoms with van der Waals surface area (Å²) in [7, 11) is 2.16. The fourth-order valence-corrected chi connectivity index (χ4v) is 4.22. The zero-order valence-corrected chi connectivity index (χ0v) is 20.5. The number of likely N-dealkylation sites (N-methyl/N-ethyl adjacent to an activating group) is 1. The Kier molecular flexibility index (Phi) is 9.76. The van der Waals surface area contributed by atoms with Gasteiger partial charge in [-0.05, 0) is 32.0 Å². The van der Waals surface area contributed by atoms with Crippen LogP contribution >= 0.6 is 37.2 Å². The van der Waals surface area contributed by atoms with Crippen LogP contribution in [-0.4, -0.2) is 62.7 Å². The summed E-state index contributed by atoms with van der Waals surface area (Å²) in [4.78, 5) is 18.3. The summed E-state index contributed by atoms with van der Waals surface area (Å²) >= 11 is 0. The zero-order valence-electron chi connectivity index (χ0n) is 18.1. The lowest BCUT2D eigenvalue weighted by Crippen LogP contribution is -2.45. The van der Waals surface area contributed by atoms with Crippen LogP contribution in [0.25, 0.3) is 5.78 Å². The van der Waals surface area contributed by atoms with Gasteiger partial charge in [-0.2, -0.15) is 14.5 Å². The van der Waals surface area contributed by atoms with Crippen LogP contribution in [0, 0.1) is 0 Å². The van der Waals surface area contributed by atoms with E-state index in [4.69, 9.17) is 14.8 Å². The minimum Gasteiger partial charge on any atom is -0.437 e. The van der Waals surface area contributed by atoms with Crippen LogP contribution in [0.2, 0.25) is 0 Å². The van der Waals surface area contributed by atoms with Crippen molar-refractivity contribution >= 4 is 48.8 Å². The molecular weight excluding hydrogens is 473 g/mol. The van der Waals surface area contributed by atoms with Crippen LogP contribution in [0.3, 0.4) is 0 Å². The van der Waals surface area contributed by atoms with Crippen molar-refractivity contribution in [1.29, 1.82) is 0 Å². The van der Waals surface area contributed by atoms with Crippen LogP contribution in [0.5, 0.6) is 11.6 Å². The van der Waals surface area contributed by atoms with Gasteiger partial charge in [-0.1, -0.05) is 19.3 Å². The largest absolute Gasteiger partial charge is 0.437 e. The molecule has 8 nitrogen and oxygen atoms in total. The Morgan fingerprint density at radius 3 is 2.41 bits per heavy atom. The molecule has 2 aliphatic rings. The maximum atomic E-state index is 6.00. The molecular formula is C21H30Cl3N7O. The van der Waals surface area contributed by atoms with Crippen LogP contribution in [0.4, 0.5) is 5.82 Å². The predicted octanol–water partition coefficient (Wildman–Crippen LogP) is 4.38. The summed E-state index contributed by atoms with van der Waals surface area (Å²) in [6, 6.07) is 5.71. The molecule has 4 heterocycles. The zero-order chi connectivity index (χ0) is 19.6. The lowest BCUT2D eigenvalue weighted by atomic mass is 9.89. The SMILES string of the molecule is CN1CCN(c2cc(Oc3cccnc3)nc3nc(C4CCCCC4)nn23)CC1.Cl.Cl.Cl. The van der Waals surface area contributed by atoms with E-state index in [2.05, 4.69) is 26.8 Å². The minimum absolute atomic E-state index is 0. The second kappa shape index (κ2) is 11.8. The van der Waals surface area contributed by atoms with Crippen molar-refractivity contribution in [3.8, 4) is 11.6 Å².